The smallest absolute Gasteiger partial charge is 0.330 e. The molecule has 1 N–H and O–H groups in total. The van der Waals surface area contributed by atoms with Crippen molar-refractivity contribution in [3.8, 4) is 0 Å². The zero-order valence-electron chi connectivity index (χ0n) is 51.0. The van der Waals surface area contributed by atoms with Gasteiger partial charge < -0.3 is 33.5 Å². The van der Waals surface area contributed by atoms with E-state index < -0.39 is 24.0 Å². The first-order valence-corrected chi connectivity index (χ1v) is 31.9. The second kappa shape index (κ2) is 56.8. The summed E-state index contributed by atoms with van der Waals surface area (Å²) in [5.74, 6) is -3.43. The minimum Gasteiger partial charge on any atom is -0.481 e. The highest BCUT2D eigenvalue weighted by molar-refractivity contribution is 5.81. The van der Waals surface area contributed by atoms with Crippen molar-refractivity contribution in [2.75, 3.05) is 13.2 Å². The number of allylic oxidation sites excluding steroid dienone is 3. The number of carboxylic acid groups (broad SMARTS) is 1. The number of hydrogen-bond donors (Lipinski definition) is 1. The van der Waals surface area contributed by atoms with Gasteiger partial charge >= 0.3 is 41.8 Å². The van der Waals surface area contributed by atoms with E-state index in [1.54, 1.807) is 0 Å². The molecule has 0 aliphatic carbocycles. The molecule has 0 radical (unpaired) electrons. The lowest BCUT2D eigenvalue weighted by Gasteiger charge is -2.18. The summed E-state index contributed by atoms with van der Waals surface area (Å²) in [6.45, 7) is 13.2. The Balaban J connectivity index is 4.94. The average molecular weight is 1140 g/mol. The summed E-state index contributed by atoms with van der Waals surface area (Å²) in [5.41, 5.74) is 0. The number of carbonyl (C=O) groups is 7. The molecule has 0 aliphatic heterocycles. The van der Waals surface area contributed by atoms with Crippen molar-refractivity contribution in [1.82, 2.24) is 0 Å². The third-order valence-corrected chi connectivity index (χ3v) is 14.0. The Morgan fingerprint density at radius 1 is 0.346 bits per heavy atom. The van der Waals surface area contributed by atoms with Gasteiger partial charge in [-0.2, -0.15) is 0 Å². The number of ether oxygens (including phenoxy) is 6. The first-order valence-electron chi connectivity index (χ1n) is 31.9. The van der Waals surface area contributed by atoms with E-state index in [0.29, 0.717) is 38.5 Å². The molecular formula is C67H112O14. The van der Waals surface area contributed by atoms with Crippen molar-refractivity contribution < 1.29 is 67.1 Å². The molecule has 0 saturated heterocycles. The summed E-state index contributed by atoms with van der Waals surface area (Å²) >= 11 is 0. The first-order chi connectivity index (χ1) is 39.4. The highest BCUT2D eigenvalue weighted by Gasteiger charge is 2.20. The van der Waals surface area contributed by atoms with Gasteiger partial charge in [-0.25, -0.2) is 9.59 Å². The Kier molecular flexibility index (Phi) is 53.3. The number of unbranched alkanes of at least 4 members (excludes halogenated alkanes) is 24. The highest BCUT2D eigenvalue weighted by Crippen LogP contribution is 2.18. The second-order valence-electron chi connectivity index (χ2n) is 21.6. The molecule has 14 heteroatoms. The Morgan fingerprint density at radius 3 is 1.01 bits per heavy atom. The molecule has 0 fully saturated rings. The maximum Gasteiger partial charge on any atom is 0.330 e. The van der Waals surface area contributed by atoms with Crippen LogP contribution in [0.3, 0.4) is 0 Å². The van der Waals surface area contributed by atoms with Gasteiger partial charge in [-0.1, -0.05) is 186 Å². The quantitative estimate of drug-likeness (QED) is 0.0199. The number of aliphatic carboxylic acids is 1. The van der Waals surface area contributed by atoms with Crippen LogP contribution < -0.4 is 0 Å². The molecule has 3 atom stereocenters. The van der Waals surface area contributed by atoms with Crippen molar-refractivity contribution in [2.45, 2.75) is 308 Å². The summed E-state index contributed by atoms with van der Waals surface area (Å²) in [4.78, 5) is 85.2. The number of esters is 6. The van der Waals surface area contributed by atoms with Crippen LogP contribution in [0.1, 0.15) is 284 Å². The normalized spacial score (nSPS) is 12.9. The minimum atomic E-state index is -1.02. The molecule has 0 bridgehead atoms. The molecule has 14 nitrogen and oxygen atoms in total. The average Bonchev–Trinajstić information content (AvgIpc) is 3.45. The zero-order valence-corrected chi connectivity index (χ0v) is 51.0. The number of carboxylic acids is 1. The number of rotatable bonds is 58. The fourth-order valence-corrected chi connectivity index (χ4v) is 9.11. The molecule has 0 spiro atoms. The van der Waals surface area contributed by atoms with Gasteiger partial charge in [0.1, 0.15) is 31.5 Å². The Bertz CT molecular complexity index is 1650. The molecule has 0 aromatic rings. The summed E-state index contributed by atoms with van der Waals surface area (Å²) in [6, 6.07) is 0. The van der Waals surface area contributed by atoms with Gasteiger partial charge in [-0.05, 0) is 96.3 Å². The molecular weight excluding hydrogens is 1030 g/mol. The van der Waals surface area contributed by atoms with Gasteiger partial charge in [0.25, 0.3) is 0 Å². The van der Waals surface area contributed by atoms with Gasteiger partial charge in [-0.3, -0.25) is 24.0 Å². The first kappa shape index (κ1) is 76.0. The molecule has 0 rings (SSSR count). The molecule has 0 saturated carbocycles. The van der Waals surface area contributed by atoms with Gasteiger partial charge in [0.2, 0.25) is 0 Å². The maximum absolute atomic E-state index is 13.0. The van der Waals surface area contributed by atoms with Crippen molar-refractivity contribution in [2.24, 2.45) is 0 Å². The Labute approximate surface area is 490 Å². The van der Waals surface area contributed by atoms with Crippen LogP contribution in [0, 0.1) is 0 Å². The largest absolute Gasteiger partial charge is 0.481 e. The van der Waals surface area contributed by atoms with E-state index in [1.807, 2.05) is 6.08 Å². The third-order valence-electron chi connectivity index (χ3n) is 14.0. The Morgan fingerprint density at radius 2 is 0.654 bits per heavy atom. The fraction of sp³-hybridized carbons (Fsp3) is 0.746. The fourth-order valence-electron chi connectivity index (χ4n) is 9.11. The summed E-state index contributed by atoms with van der Waals surface area (Å²) in [5, 5.41) is 8.91. The lowest BCUT2D eigenvalue weighted by Crippen LogP contribution is -2.30. The third kappa shape index (κ3) is 52.8. The van der Waals surface area contributed by atoms with Crippen LogP contribution in [0.2, 0.25) is 0 Å². The molecule has 464 valence electrons. The van der Waals surface area contributed by atoms with Crippen molar-refractivity contribution in [3.05, 3.63) is 61.8 Å². The Hall–Kier alpha value is -5.01. The van der Waals surface area contributed by atoms with Crippen LogP contribution in [-0.2, 0) is 62.0 Å². The van der Waals surface area contributed by atoms with Crippen LogP contribution in [0.5, 0.6) is 0 Å². The van der Waals surface area contributed by atoms with E-state index in [9.17, 15) is 33.6 Å². The van der Waals surface area contributed by atoms with Crippen LogP contribution >= 0.6 is 0 Å². The van der Waals surface area contributed by atoms with Gasteiger partial charge in [-0.15, -0.1) is 0 Å². The minimum absolute atomic E-state index is 0.123. The topological polar surface area (TPSA) is 195 Å². The monoisotopic (exact) mass is 1140 g/mol. The molecule has 0 heterocycles. The SMILES string of the molecule is C=CC(=O)OC(C/C=C/CCCCCCCC(=O)OCC(COC(=O)CCCCCCC/C=C/CC(CCCCCC)OC(=O)C=C)OC(=O)CCCCCCC/C=C/CC(CCCCCC)OC(=O)CCC(=O)O)CCCCCC. The molecule has 0 aromatic carbocycles. The molecule has 0 amide bonds. The highest BCUT2D eigenvalue weighted by atomic mass is 16.6. The van der Waals surface area contributed by atoms with E-state index in [1.165, 1.54) is 25.0 Å². The second-order valence-corrected chi connectivity index (χ2v) is 21.6. The molecule has 81 heavy (non-hydrogen) atoms. The van der Waals surface area contributed by atoms with Crippen LogP contribution in [0.4, 0.5) is 0 Å². The summed E-state index contributed by atoms with van der Waals surface area (Å²) in [7, 11) is 0. The van der Waals surface area contributed by atoms with E-state index >= 15 is 0 Å². The van der Waals surface area contributed by atoms with E-state index in [4.69, 9.17) is 33.5 Å². The van der Waals surface area contributed by atoms with Gasteiger partial charge in [0.15, 0.2) is 6.10 Å². The predicted molar refractivity (Wildman–Crippen MR) is 323 cm³/mol. The van der Waals surface area contributed by atoms with Gasteiger partial charge in [0.05, 0.1) is 12.8 Å². The van der Waals surface area contributed by atoms with E-state index in [2.05, 4.69) is 64.3 Å². The molecule has 0 aromatic heterocycles. The summed E-state index contributed by atoms with van der Waals surface area (Å²) < 4.78 is 33.5. The van der Waals surface area contributed by atoms with Crippen LogP contribution in [0.25, 0.3) is 0 Å². The predicted octanol–water partition coefficient (Wildman–Crippen LogP) is 16.9. The lowest BCUT2D eigenvalue weighted by atomic mass is 10.1. The maximum atomic E-state index is 13.0. The number of hydrogen-bond acceptors (Lipinski definition) is 13. The zero-order chi connectivity index (χ0) is 59.7. The van der Waals surface area contributed by atoms with Crippen LogP contribution in [-0.4, -0.2) is 84.5 Å². The van der Waals surface area contributed by atoms with Crippen LogP contribution in [0.15, 0.2) is 61.8 Å². The number of carbonyl (C=O) groups excluding carboxylic acids is 6. The van der Waals surface area contributed by atoms with Crippen molar-refractivity contribution in [3.63, 3.8) is 0 Å². The summed E-state index contributed by atoms with van der Waals surface area (Å²) in [6.07, 6.45) is 48.1. The van der Waals surface area contributed by atoms with E-state index in [-0.39, 0.29) is 87.5 Å². The molecule has 0 aliphatic rings. The van der Waals surface area contributed by atoms with Crippen molar-refractivity contribution in [1.29, 1.82) is 0 Å². The lowest BCUT2D eigenvalue weighted by molar-refractivity contribution is -0.167. The van der Waals surface area contributed by atoms with Crippen molar-refractivity contribution >= 4 is 41.8 Å². The standard InChI is InChI=1S/C67H112O14/c1-6-11-14-35-44-57(78-62(70)9-4)47-38-29-23-17-20-26-32-41-50-64(72)76-55-60(56-77-65(73)51-42-33-27-21-18-24-30-39-48-58(79-63(71)10-5)45-36-15-12-7-2)81-66(74)52-43-34-28-22-19-25-31-40-49-59(46-37-16-13-8-3)80-67(75)54-53-61(68)69/h9-10,29-31,38-40,57-60H,4-8,11-28,32-37,41-56H2,1-3H3,(H,68,69)/b38-29+,39-30+,40-31+. The molecule has 3 unspecified atom stereocenters. The van der Waals surface area contributed by atoms with Gasteiger partial charge in [0, 0.05) is 50.7 Å². The van der Waals surface area contributed by atoms with E-state index in [0.717, 1.165) is 180 Å².